The summed E-state index contributed by atoms with van der Waals surface area (Å²) in [7, 11) is 2.25. The molecule has 1 aromatic carbocycles. The Morgan fingerprint density at radius 1 is 1.19 bits per heavy atom. The van der Waals surface area contributed by atoms with E-state index in [0.717, 1.165) is 26.1 Å². The van der Waals surface area contributed by atoms with Crippen molar-refractivity contribution in [1.29, 1.82) is 0 Å². The van der Waals surface area contributed by atoms with Crippen LogP contribution in [0.5, 0.6) is 0 Å². The van der Waals surface area contributed by atoms with Crippen molar-refractivity contribution in [3.8, 4) is 0 Å². The quantitative estimate of drug-likeness (QED) is 0.626. The second-order valence-electron chi connectivity index (χ2n) is 5.81. The molecule has 0 aliphatic carbocycles. The lowest BCUT2D eigenvalue weighted by atomic mass is 10.0. The van der Waals surface area contributed by atoms with Crippen molar-refractivity contribution in [2.75, 3.05) is 32.1 Å². The number of hydrogen-bond donors (Lipinski definition) is 1. The normalized spacial score (nSPS) is 12.8. The summed E-state index contributed by atoms with van der Waals surface area (Å²) in [6.07, 6.45) is 5.78. The highest BCUT2D eigenvalue weighted by Crippen LogP contribution is 2.15. The van der Waals surface area contributed by atoms with Gasteiger partial charge in [0.2, 0.25) is 0 Å². The first-order chi connectivity index (χ1) is 10.2. The first kappa shape index (κ1) is 18.5. The average molecular weight is 309 g/mol. The van der Waals surface area contributed by atoms with Crippen LogP contribution in [-0.2, 0) is 13.0 Å². The van der Waals surface area contributed by atoms with Gasteiger partial charge in [-0.3, -0.25) is 4.90 Å². The van der Waals surface area contributed by atoms with Crippen LogP contribution < -0.4 is 5.32 Å². The zero-order chi connectivity index (χ0) is 15.5. The molecular weight excluding hydrogens is 276 g/mol. The van der Waals surface area contributed by atoms with E-state index < -0.39 is 0 Å². The fraction of sp³-hybridized carbons (Fsp3) is 0.667. The number of nitrogens with one attached hydrogen (secondary N) is 1. The van der Waals surface area contributed by atoms with E-state index in [1.807, 2.05) is 11.8 Å². The van der Waals surface area contributed by atoms with Crippen LogP contribution in [0.1, 0.15) is 37.8 Å². The molecule has 3 heteroatoms. The molecule has 0 fully saturated rings. The van der Waals surface area contributed by atoms with Crippen LogP contribution in [0.2, 0.25) is 0 Å². The van der Waals surface area contributed by atoms with Gasteiger partial charge in [-0.15, -0.1) is 0 Å². The fourth-order valence-electron chi connectivity index (χ4n) is 2.41. The largest absolute Gasteiger partial charge is 0.316 e. The Labute approximate surface area is 135 Å². The van der Waals surface area contributed by atoms with E-state index in [4.69, 9.17) is 0 Å². The van der Waals surface area contributed by atoms with Gasteiger partial charge in [0.05, 0.1) is 0 Å². The molecule has 2 nitrogen and oxygen atoms in total. The molecule has 0 spiro atoms. The van der Waals surface area contributed by atoms with Crippen LogP contribution >= 0.6 is 11.8 Å². The van der Waals surface area contributed by atoms with Gasteiger partial charge in [0.1, 0.15) is 0 Å². The third kappa shape index (κ3) is 7.35. The maximum absolute atomic E-state index is 3.50. The summed E-state index contributed by atoms with van der Waals surface area (Å²) in [6, 6.07) is 9.54. The van der Waals surface area contributed by atoms with E-state index in [1.165, 1.54) is 29.7 Å². The third-order valence-electron chi connectivity index (χ3n) is 4.03. The monoisotopic (exact) mass is 308 g/mol. The summed E-state index contributed by atoms with van der Waals surface area (Å²) in [5, 5.41) is 3.50. The Balaban J connectivity index is 2.53. The average Bonchev–Trinajstić information content (AvgIpc) is 2.50. The summed E-state index contributed by atoms with van der Waals surface area (Å²) in [5.74, 6) is 1.24. The zero-order valence-corrected chi connectivity index (χ0v) is 15.0. The van der Waals surface area contributed by atoms with E-state index in [9.17, 15) is 0 Å². The molecule has 0 saturated carbocycles. The molecule has 1 unspecified atom stereocenters. The smallest absolute Gasteiger partial charge is 0.0236 e. The summed E-state index contributed by atoms with van der Waals surface area (Å²) < 4.78 is 0. The highest BCUT2D eigenvalue weighted by molar-refractivity contribution is 7.98. The molecule has 0 saturated heterocycles. The van der Waals surface area contributed by atoms with Gasteiger partial charge in [0.15, 0.2) is 0 Å². The second kappa shape index (κ2) is 11.1. The Bertz CT molecular complexity index is 381. The molecule has 1 atom stereocenters. The maximum atomic E-state index is 3.50. The van der Waals surface area contributed by atoms with Crippen LogP contribution in [0.4, 0.5) is 0 Å². The molecule has 1 N–H and O–H groups in total. The van der Waals surface area contributed by atoms with Gasteiger partial charge in [0.25, 0.3) is 0 Å². The zero-order valence-electron chi connectivity index (χ0n) is 14.2. The molecular formula is C18H32N2S. The summed E-state index contributed by atoms with van der Waals surface area (Å²) in [5.41, 5.74) is 2.97. The second-order valence-corrected chi connectivity index (χ2v) is 6.80. The van der Waals surface area contributed by atoms with Crippen molar-refractivity contribution in [1.82, 2.24) is 10.2 Å². The van der Waals surface area contributed by atoms with Gasteiger partial charge < -0.3 is 5.32 Å². The Kier molecular flexibility index (Phi) is 9.81. The molecule has 0 radical (unpaired) electrons. The van der Waals surface area contributed by atoms with Crippen LogP contribution in [0, 0.1) is 0 Å². The summed E-state index contributed by atoms with van der Waals surface area (Å²) >= 11 is 1.94. The third-order valence-corrected chi connectivity index (χ3v) is 4.67. The van der Waals surface area contributed by atoms with Gasteiger partial charge in [0, 0.05) is 12.6 Å². The van der Waals surface area contributed by atoms with Gasteiger partial charge in [-0.05, 0) is 69.5 Å². The van der Waals surface area contributed by atoms with Gasteiger partial charge in [-0.25, -0.2) is 0 Å². The topological polar surface area (TPSA) is 15.3 Å². The maximum Gasteiger partial charge on any atom is 0.0236 e. The molecule has 0 aliphatic heterocycles. The first-order valence-corrected chi connectivity index (χ1v) is 9.55. The Hall–Kier alpha value is -0.510. The lowest BCUT2D eigenvalue weighted by Crippen LogP contribution is -2.29. The lowest BCUT2D eigenvalue weighted by Gasteiger charge is -2.25. The molecule has 0 aliphatic rings. The van der Waals surface area contributed by atoms with Crippen molar-refractivity contribution in [2.24, 2.45) is 0 Å². The van der Waals surface area contributed by atoms with Gasteiger partial charge in [-0.2, -0.15) is 11.8 Å². The van der Waals surface area contributed by atoms with E-state index >= 15 is 0 Å². The Morgan fingerprint density at radius 2 is 1.90 bits per heavy atom. The van der Waals surface area contributed by atoms with E-state index in [-0.39, 0.29) is 0 Å². The molecule has 0 aromatic heterocycles. The minimum absolute atomic E-state index is 0.642. The van der Waals surface area contributed by atoms with Crippen molar-refractivity contribution in [2.45, 2.75) is 45.7 Å². The highest BCUT2D eigenvalue weighted by atomic mass is 32.2. The molecule has 21 heavy (non-hydrogen) atoms. The Morgan fingerprint density at radius 3 is 2.57 bits per heavy atom. The highest BCUT2D eigenvalue weighted by Gasteiger charge is 2.11. The molecule has 0 amide bonds. The molecule has 1 aromatic rings. The van der Waals surface area contributed by atoms with Crippen LogP contribution in [-0.4, -0.2) is 43.1 Å². The number of benzene rings is 1. The molecule has 120 valence electrons. The van der Waals surface area contributed by atoms with E-state index in [2.05, 4.69) is 61.6 Å². The van der Waals surface area contributed by atoms with Crippen molar-refractivity contribution in [3.05, 3.63) is 35.4 Å². The van der Waals surface area contributed by atoms with Gasteiger partial charge in [-0.1, -0.05) is 31.2 Å². The van der Waals surface area contributed by atoms with Crippen LogP contribution in [0.15, 0.2) is 24.3 Å². The lowest BCUT2D eigenvalue weighted by molar-refractivity contribution is 0.244. The summed E-state index contributed by atoms with van der Waals surface area (Å²) in [6.45, 7) is 7.80. The number of thioether (sulfide) groups is 1. The predicted molar refractivity (Wildman–Crippen MR) is 97.2 cm³/mol. The molecule has 1 rings (SSSR count). The number of hydrogen-bond acceptors (Lipinski definition) is 3. The molecule has 0 heterocycles. The number of rotatable bonds is 11. The summed E-state index contributed by atoms with van der Waals surface area (Å²) in [4.78, 5) is 2.48. The van der Waals surface area contributed by atoms with Gasteiger partial charge >= 0.3 is 0 Å². The SMILES string of the molecule is CCCNCCc1ccccc1CN(C)C(C)CCSC. The van der Waals surface area contributed by atoms with E-state index in [0.29, 0.717) is 6.04 Å². The molecule has 0 bridgehead atoms. The minimum atomic E-state index is 0.642. The first-order valence-electron chi connectivity index (χ1n) is 8.15. The number of nitrogens with zero attached hydrogens (tertiary/aromatic N) is 1. The van der Waals surface area contributed by atoms with Crippen molar-refractivity contribution in [3.63, 3.8) is 0 Å². The van der Waals surface area contributed by atoms with Crippen LogP contribution in [0.3, 0.4) is 0 Å². The van der Waals surface area contributed by atoms with Crippen LogP contribution in [0.25, 0.3) is 0 Å². The predicted octanol–water partition coefficient (Wildman–Crippen LogP) is 3.80. The minimum Gasteiger partial charge on any atom is -0.316 e. The standard InChI is InChI=1S/C18H32N2S/c1-5-12-19-13-10-17-8-6-7-9-18(17)15-20(3)16(2)11-14-21-4/h6-9,16,19H,5,10-15H2,1-4H3. The van der Waals surface area contributed by atoms with Crippen molar-refractivity contribution >= 4 is 11.8 Å². The fourth-order valence-corrected chi connectivity index (χ4v) is 2.99. The van der Waals surface area contributed by atoms with E-state index in [1.54, 1.807) is 0 Å². The van der Waals surface area contributed by atoms with Crippen molar-refractivity contribution < 1.29 is 0 Å².